The molecule has 0 aliphatic carbocycles. The number of hydrogen-bond acceptors (Lipinski definition) is 8. The second kappa shape index (κ2) is 11.2. The molecule has 1 aromatic heterocycles. The van der Waals surface area contributed by atoms with E-state index >= 15 is 0 Å². The average Bonchev–Trinajstić information content (AvgIpc) is 2.81. The van der Waals surface area contributed by atoms with Crippen LogP contribution in [0.25, 0.3) is 11.0 Å². The van der Waals surface area contributed by atoms with Crippen molar-refractivity contribution in [3.05, 3.63) is 42.4 Å². The van der Waals surface area contributed by atoms with Crippen molar-refractivity contribution in [2.75, 3.05) is 31.7 Å². The van der Waals surface area contributed by atoms with Crippen LogP contribution in [-0.4, -0.2) is 66.0 Å². The number of aliphatic hydroxyl groups is 1. The zero-order chi connectivity index (χ0) is 23.0. The largest absolute Gasteiger partial charge is 0.499 e. The van der Waals surface area contributed by atoms with Crippen LogP contribution in [0.3, 0.4) is 0 Å². The first-order valence-corrected chi connectivity index (χ1v) is 10.2. The van der Waals surface area contributed by atoms with Crippen molar-refractivity contribution in [2.24, 2.45) is 0 Å². The second-order valence-electron chi connectivity index (χ2n) is 6.75. The zero-order valence-electron chi connectivity index (χ0n) is 18.3. The molecular formula is C22H29N5O4. The summed E-state index contributed by atoms with van der Waals surface area (Å²) in [6, 6.07) is 4.92. The van der Waals surface area contributed by atoms with Gasteiger partial charge in [0.1, 0.15) is 28.9 Å². The highest BCUT2D eigenvalue weighted by molar-refractivity contribution is 5.92. The van der Waals surface area contributed by atoms with Gasteiger partial charge in [0.15, 0.2) is 6.10 Å². The Hall–Kier alpha value is -3.22. The molecule has 31 heavy (non-hydrogen) atoms. The maximum atomic E-state index is 12.7. The van der Waals surface area contributed by atoms with Crippen molar-refractivity contribution < 1.29 is 19.4 Å². The van der Waals surface area contributed by atoms with E-state index in [4.69, 9.17) is 9.47 Å². The predicted molar refractivity (Wildman–Crippen MR) is 117 cm³/mol. The minimum atomic E-state index is -0.764. The van der Waals surface area contributed by atoms with Gasteiger partial charge in [0.05, 0.1) is 37.6 Å². The number of amides is 1. The molecule has 1 aromatic carbocycles. The van der Waals surface area contributed by atoms with Crippen LogP contribution in [-0.2, 0) is 14.3 Å². The van der Waals surface area contributed by atoms with E-state index in [1.54, 1.807) is 18.5 Å². The number of anilines is 1. The number of nitrogens with zero attached hydrogens (tertiary/aromatic N) is 4. The number of nitrogens with one attached hydrogen (secondary N) is 1. The smallest absolute Gasteiger partial charge is 0.251 e. The fraction of sp³-hybridized carbons (Fsp3) is 0.455. The van der Waals surface area contributed by atoms with Crippen molar-refractivity contribution in [2.45, 2.75) is 39.0 Å². The first-order chi connectivity index (χ1) is 15.0. The fourth-order valence-electron chi connectivity index (χ4n) is 3.32. The van der Waals surface area contributed by atoms with Gasteiger partial charge in [-0.1, -0.05) is 20.4 Å². The molecule has 0 spiro atoms. The van der Waals surface area contributed by atoms with Gasteiger partial charge < -0.3 is 24.8 Å². The van der Waals surface area contributed by atoms with Crippen LogP contribution in [0.15, 0.2) is 36.9 Å². The molecule has 1 aliphatic rings. The van der Waals surface area contributed by atoms with Crippen LogP contribution in [0.2, 0.25) is 0 Å². The molecule has 1 amide bonds. The van der Waals surface area contributed by atoms with Gasteiger partial charge in [-0.25, -0.2) is 0 Å². The van der Waals surface area contributed by atoms with E-state index in [0.717, 1.165) is 5.69 Å². The van der Waals surface area contributed by atoms with Crippen LogP contribution in [0, 0.1) is 11.3 Å². The molecule has 2 N–H and O–H groups in total. The number of carbonyl (C=O) groups is 1. The lowest BCUT2D eigenvalue weighted by atomic mass is 10.1. The molecule has 1 fully saturated rings. The molecule has 2 heterocycles. The Morgan fingerprint density at radius 1 is 1.39 bits per heavy atom. The minimum Gasteiger partial charge on any atom is -0.499 e. The van der Waals surface area contributed by atoms with Crippen LogP contribution >= 0.6 is 0 Å². The number of nitriles is 1. The van der Waals surface area contributed by atoms with Gasteiger partial charge >= 0.3 is 0 Å². The van der Waals surface area contributed by atoms with Gasteiger partial charge in [-0.3, -0.25) is 14.8 Å². The number of morpholine rings is 1. The minimum absolute atomic E-state index is 0.222. The molecule has 1 saturated heterocycles. The number of hydrogen-bond donors (Lipinski definition) is 2. The van der Waals surface area contributed by atoms with Crippen LogP contribution in [0.5, 0.6) is 0 Å². The Bertz CT molecular complexity index is 959. The number of carbonyl (C=O) groups excluding carboxylic acids is 1. The Morgan fingerprint density at radius 2 is 2.06 bits per heavy atom. The maximum absolute atomic E-state index is 12.7. The van der Waals surface area contributed by atoms with Crippen LogP contribution in [0.1, 0.15) is 26.3 Å². The van der Waals surface area contributed by atoms with Gasteiger partial charge in [0.25, 0.3) is 5.91 Å². The standard InChI is InChI=1S/C20H23N5O4.C2H6/c1-12-9-25(10-17(29-12)20(27)24-15(11-26)13(2)28-3)16-5-4-14(8-21)18-19(16)23-7-6-22-18;1-2/h4-7,12,15,17,26H,2,9-11H2,1,3H3,(H,24,27);1-2H3. The zero-order valence-corrected chi connectivity index (χ0v) is 18.3. The lowest BCUT2D eigenvalue weighted by Crippen LogP contribution is -2.55. The van der Waals surface area contributed by atoms with Crippen molar-refractivity contribution in [1.82, 2.24) is 15.3 Å². The van der Waals surface area contributed by atoms with Crippen molar-refractivity contribution in [3.63, 3.8) is 0 Å². The first-order valence-electron chi connectivity index (χ1n) is 10.2. The summed E-state index contributed by atoms with van der Waals surface area (Å²) in [7, 11) is 1.43. The molecule has 1 aliphatic heterocycles. The Labute approximate surface area is 182 Å². The third-order valence-electron chi connectivity index (χ3n) is 4.77. The highest BCUT2D eigenvalue weighted by Crippen LogP contribution is 2.28. The molecule has 9 nitrogen and oxygen atoms in total. The maximum Gasteiger partial charge on any atom is 0.251 e. The molecule has 0 radical (unpaired) electrons. The number of ether oxygens (including phenoxy) is 2. The average molecular weight is 428 g/mol. The molecule has 9 heteroatoms. The van der Waals surface area contributed by atoms with E-state index in [1.165, 1.54) is 7.11 Å². The number of fused-ring (bicyclic) bond motifs is 1. The topological polar surface area (TPSA) is 121 Å². The van der Waals surface area contributed by atoms with Crippen molar-refractivity contribution in [3.8, 4) is 6.07 Å². The summed E-state index contributed by atoms with van der Waals surface area (Å²) >= 11 is 0. The Kier molecular flexibility index (Phi) is 8.73. The molecule has 0 bridgehead atoms. The monoisotopic (exact) mass is 427 g/mol. The predicted octanol–water partition coefficient (Wildman–Crippen LogP) is 1.76. The molecular weight excluding hydrogens is 398 g/mol. The summed E-state index contributed by atoms with van der Waals surface area (Å²) in [5.41, 5.74) is 2.33. The first kappa shape index (κ1) is 24.1. The van der Waals surface area contributed by atoms with Gasteiger partial charge in [-0.2, -0.15) is 5.26 Å². The van der Waals surface area contributed by atoms with E-state index in [-0.39, 0.29) is 30.9 Å². The molecule has 3 unspecified atom stereocenters. The Morgan fingerprint density at radius 3 is 2.68 bits per heavy atom. The molecule has 166 valence electrons. The van der Waals surface area contributed by atoms with Crippen LogP contribution in [0.4, 0.5) is 5.69 Å². The molecule has 3 rings (SSSR count). The van der Waals surface area contributed by atoms with Gasteiger partial charge in [-0.05, 0) is 19.1 Å². The Balaban J connectivity index is 0.00000166. The summed E-state index contributed by atoms with van der Waals surface area (Å²) in [4.78, 5) is 23.4. The number of benzene rings is 1. The van der Waals surface area contributed by atoms with Gasteiger partial charge in [0.2, 0.25) is 0 Å². The molecule has 0 saturated carbocycles. The molecule has 3 atom stereocenters. The van der Waals surface area contributed by atoms with Crippen molar-refractivity contribution in [1.29, 1.82) is 5.26 Å². The van der Waals surface area contributed by atoms with E-state index < -0.39 is 12.1 Å². The van der Waals surface area contributed by atoms with Gasteiger partial charge in [-0.15, -0.1) is 0 Å². The number of methoxy groups -OCH3 is 1. The quantitative estimate of drug-likeness (QED) is 0.669. The highest BCUT2D eigenvalue weighted by Gasteiger charge is 2.33. The highest BCUT2D eigenvalue weighted by atomic mass is 16.5. The summed E-state index contributed by atoms with van der Waals surface area (Å²) in [5.74, 6) is -0.113. The van der Waals surface area contributed by atoms with E-state index in [1.807, 2.05) is 31.7 Å². The lowest BCUT2D eigenvalue weighted by molar-refractivity contribution is -0.138. The third kappa shape index (κ3) is 5.48. The van der Waals surface area contributed by atoms with E-state index in [0.29, 0.717) is 23.1 Å². The summed E-state index contributed by atoms with van der Waals surface area (Å²) in [6.45, 7) is 10.1. The second-order valence-corrected chi connectivity index (χ2v) is 6.75. The van der Waals surface area contributed by atoms with E-state index in [9.17, 15) is 15.2 Å². The number of aromatic nitrogens is 2. The SMILES string of the molecule is C=C(OC)C(CO)NC(=O)C1CN(c2ccc(C#N)c3nccnc23)CC(C)O1.CC. The number of rotatable bonds is 6. The third-order valence-corrected chi connectivity index (χ3v) is 4.77. The number of aliphatic hydroxyl groups excluding tert-OH is 1. The normalized spacial score (nSPS) is 18.9. The van der Waals surface area contributed by atoms with Gasteiger partial charge in [0, 0.05) is 18.9 Å². The summed E-state index contributed by atoms with van der Waals surface area (Å²) in [5, 5.41) is 21.5. The summed E-state index contributed by atoms with van der Waals surface area (Å²) < 4.78 is 10.8. The van der Waals surface area contributed by atoms with Crippen LogP contribution < -0.4 is 10.2 Å². The van der Waals surface area contributed by atoms with E-state index in [2.05, 4.69) is 27.9 Å². The fourth-order valence-corrected chi connectivity index (χ4v) is 3.32. The van der Waals surface area contributed by atoms with Crippen molar-refractivity contribution >= 4 is 22.6 Å². The lowest BCUT2D eigenvalue weighted by Gasteiger charge is -2.38. The summed E-state index contributed by atoms with van der Waals surface area (Å²) in [6.07, 6.45) is 2.13. The molecule has 2 aromatic rings.